The van der Waals surface area contributed by atoms with Gasteiger partial charge in [-0.2, -0.15) is 4.31 Å². The van der Waals surface area contributed by atoms with E-state index in [4.69, 9.17) is 0 Å². The predicted octanol–water partition coefficient (Wildman–Crippen LogP) is 1.02. The normalized spacial score (nSPS) is 28.2. The fourth-order valence-electron chi connectivity index (χ4n) is 3.92. The van der Waals surface area contributed by atoms with Gasteiger partial charge in [0.05, 0.1) is 17.3 Å². The Hall–Kier alpha value is -0.960. The van der Waals surface area contributed by atoms with Crippen molar-refractivity contribution in [2.75, 3.05) is 31.6 Å². The molecule has 0 unspecified atom stereocenters. The maximum Gasteiger partial charge on any atom is 0.211 e. The van der Waals surface area contributed by atoms with Gasteiger partial charge in [-0.05, 0) is 31.9 Å². The van der Waals surface area contributed by atoms with E-state index in [0.717, 1.165) is 6.54 Å². The molecule has 2 saturated heterocycles. The minimum atomic E-state index is -3.39. The van der Waals surface area contributed by atoms with Gasteiger partial charge < -0.3 is 0 Å². The van der Waals surface area contributed by atoms with E-state index in [9.17, 15) is 16.8 Å². The quantitative estimate of drug-likeness (QED) is 0.775. The van der Waals surface area contributed by atoms with E-state index >= 15 is 0 Å². The number of benzene rings is 1. The molecular formula is C17H26N2O4S2. The van der Waals surface area contributed by atoms with Gasteiger partial charge in [-0.3, -0.25) is 4.90 Å². The van der Waals surface area contributed by atoms with E-state index in [1.807, 2.05) is 6.92 Å². The first-order valence-electron chi connectivity index (χ1n) is 8.63. The molecule has 8 heteroatoms. The zero-order chi connectivity index (χ0) is 18.2. The molecule has 1 aromatic rings. The summed E-state index contributed by atoms with van der Waals surface area (Å²) in [4.78, 5) is 2.24. The SMILES string of the molecule is Cc1ccc(CN2CC[C@@H]3[C@H](CC2)N(S(C)(=O)=O)CCS3(=O)=O)cc1. The van der Waals surface area contributed by atoms with Crippen LogP contribution in [0.4, 0.5) is 0 Å². The van der Waals surface area contributed by atoms with Gasteiger partial charge in [0.1, 0.15) is 0 Å². The van der Waals surface area contributed by atoms with Crippen LogP contribution in [0.15, 0.2) is 24.3 Å². The monoisotopic (exact) mass is 386 g/mol. The van der Waals surface area contributed by atoms with Gasteiger partial charge in [-0.25, -0.2) is 16.8 Å². The number of aryl methyl sites for hydroxylation is 1. The molecule has 0 radical (unpaired) electrons. The predicted molar refractivity (Wildman–Crippen MR) is 98.6 cm³/mol. The third-order valence-corrected chi connectivity index (χ3v) is 8.81. The number of sulfonamides is 1. The van der Waals surface area contributed by atoms with Crippen LogP contribution in [0.3, 0.4) is 0 Å². The second-order valence-corrected chi connectivity index (χ2v) is 11.5. The van der Waals surface area contributed by atoms with Crippen molar-refractivity contribution in [3.63, 3.8) is 0 Å². The zero-order valence-electron chi connectivity index (χ0n) is 14.8. The molecule has 0 N–H and O–H groups in total. The average Bonchev–Trinajstić information content (AvgIpc) is 2.72. The van der Waals surface area contributed by atoms with E-state index in [1.54, 1.807) is 0 Å². The molecule has 3 rings (SSSR count). The van der Waals surface area contributed by atoms with Crippen molar-refractivity contribution >= 4 is 19.9 Å². The Balaban J connectivity index is 1.78. The van der Waals surface area contributed by atoms with Gasteiger partial charge in [0.15, 0.2) is 9.84 Å². The Bertz CT molecular complexity index is 819. The molecular weight excluding hydrogens is 360 g/mol. The van der Waals surface area contributed by atoms with Crippen LogP contribution < -0.4 is 0 Å². The van der Waals surface area contributed by atoms with E-state index in [0.29, 0.717) is 25.9 Å². The second-order valence-electron chi connectivity index (χ2n) is 7.19. The van der Waals surface area contributed by atoms with E-state index in [-0.39, 0.29) is 12.3 Å². The van der Waals surface area contributed by atoms with Crippen molar-refractivity contribution in [1.29, 1.82) is 0 Å². The smallest absolute Gasteiger partial charge is 0.211 e. The fourth-order valence-corrected chi connectivity index (χ4v) is 7.26. The van der Waals surface area contributed by atoms with Crippen LogP contribution >= 0.6 is 0 Å². The first kappa shape index (κ1) is 18.8. The molecule has 0 amide bonds. The summed E-state index contributed by atoms with van der Waals surface area (Å²) in [6.07, 6.45) is 2.23. The number of hydrogen-bond acceptors (Lipinski definition) is 5. The lowest BCUT2D eigenvalue weighted by molar-refractivity contribution is 0.259. The number of sulfone groups is 1. The average molecular weight is 387 g/mol. The highest BCUT2D eigenvalue weighted by atomic mass is 32.2. The summed E-state index contributed by atoms with van der Waals surface area (Å²) in [6, 6.07) is 7.89. The highest BCUT2D eigenvalue weighted by molar-refractivity contribution is 7.92. The Morgan fingerprint density at radius 1 is 1.08 bits per heavy atom. The largest absolute Gasteiger partial charge is 0.299 e. The van der Waals surface area contributed by atoms with Gasteiger partial charge in [0.25, 0.3) is 0 Å². The summed E-state index contributed by atoms with van der Waals surface area (Å²) in [5.74, 6) is -0.0702. The van der Waals surface area contributed by atoms with Crippen molar-refractivity contribution in [1.82, 2.24) is 9.21 Å². The Morgan fingerprint density at radius 3 is 2.36 bits per heavy atom. The number of fused-ring (bicyclic) bond motifs is 1. The van der Waals surface area contributed by atoms with Gasteiger partial charge in [-0.15, -0.1) is 0 Å². The van der Waals surface area contributed by atoms with Crippen LogP contribution in [0, 0.1) is 6.92 Å². The molecule has 6 nitrogen and oxygen atoms in total. The van der Waals surface area contributed by atoms with E-state index in [1.165, 1.54) is 21.7 Å². The van der Waals surface area contributed by atoms with Crippen LogP contribution in [0.1, 0.15) is 24.0 Å². The van der Waals surface area contributed by atoms with Crippen LogP contribution in [-0.4, -0.2) is 69.0 Å². The first-order chi connectivity index (χ1) is 11.7. The number of hydrogen-bond donors (Lipinski definition) is 0. The summed E-state index contributed by atoms with van der Waals surface area (Å²) in [6.45, 7) is 4.27. The summed E-state index contributed by atoms with van der Waals surface area (Å²) in [7, 11) is -6.63. The van der Waals surface area contributed by atoms with Crippen molar-refractivity contribution in [3.05, 3.63) is 35.4 Å². The minimum absolute atomic E-state index is 0.0702. The van der Waals surface area contributed by atoms with Crippen molar-refractivity contribution in [2.24, 2.45) is 0 Å². The molecule has 2 heterocycles. The van der Waals surface area contributed by atoms with E-state index < -0.39 is 31.2 Å². The molecule has 2 aliphatic rings. The number of rotatable bonds is 3. The fraction of sp³-hybridized carbons (Fsp3) is 0.647. The molecule has 140 valence electrons. The zero-order valence-corrected chi connectivity index (χ0v) is 16.4. The molecule has 0 aromatic heterocycles. The third kappa shape index (κ3) is 4.24. The molecule has 25 heavy (non-hydrogen) atoms. The molecule has 2 aliphatic heterocycles. The summed E-state index contributed by atoms with van der Waals surface area (Å²) in [5, 5.41) is -0.584. The lowest BCUT2D eigenvalue weighted by Gasteiger charge is -2.38. The summed E-state index contributed by atoms with van der Waals surface area (Å²) >= 11 is 0. The van der Waals surface area contributed by atoms with Crippen molar-refractivity contribution < 1.29 is 16.8 Å². The maximum atomic E-state index is 12.5. The molecule has 0 bridgehead atoms. The summed E-state index contributed by atoms with van der Waals surface area (Å²) < 4.78 is 50.6. The highest BCUT2D eigenvalue weighted by Gasteiger charge is 2.45. The lowest BCUT2D eigenvalue weighted by Crippen LogP contribution is -2.56. The van der Waals surface area contributed by atoms with E-state index in [2.05, 4.69) is 29.2 Å². The number of nitrogens with zero attached hydrogens (tertiary/aromatic N) is 2. The molecule has 2 fully saturated rings. The minimum Gasteiger partial charge on any atom is -0.299 e. The second kappa shape index (κ2) is 6.98. The standard InChI is InChI=1S/C17H26N2O4S2/c1-14-3-5-15(6-4-14)13-18-9-7-16-17(8-10-18)25(22,23)12-11-19(16)24(2,20)21/h3-6,16-17H,7-13H2,1-2H3/t16-,17+/m0/s1. The topological polar surface area (TPSA) is 74.8 Å². The molecule has 1 aromatic carbocycles. The van der Waals surface area contributed by atoms with Gasteiger partial charge in [0.2, 0.25) is 10.0 Å². The summed E-state index contributed by atoms with van der Waals surface area (Å²) in [5.41, 5.74) is 2.40. The van der Waals surface area contributed by atoms with Crippen LogP contribution in [0.2, 0.25) is 0 Å². The molecule has 0 spiro atoms. The highest BCUT2D eigenvalue weighted by Crippen LogP contribution is 2.30. The Kier molecular flexibility index (Phi) is 5.26. The van der Waals surface area contributed by atoms with Gasteiger partial charge in [0, 0.05) is 25.7 Å². The van der Waals surface area contributed by atoms with Crippen LogP contribution in [0.5, 0.6) is 0 Å². The molecule has 2 atom stereocenters. The van der Waals surface area contributed by atoms with Crippen molar-refractivity contribution in [2.45, 2.75) is 37.6 Å². The van der Waals surface area contributed by atoms with Gasteiger partial charge in [-0.1, -0.05) is 29.8 Å². The molecule has 0 saturated carbocycles. The first-order valence-corrected chi connectivity index (χ1v) is 12.2. The molecule has 0 aliphatic carbocycles. The third-order valence-electron chi connectivity index (χ3n) is 5.28. The van der Waals surface area contributed by atoms with Crippen LogP contribution in [-0.2, 0) is 26.4 Å². The lowest BCUT2D eigenvalue weighted by atomic mass is 10.1. The Morgan fingerprint density at radius 2 is 1.72 bits per heavy atom. The van der Waals surface area contributed by atoms with Gasteiger partial charge >= 0.3 is 0 Å². The maximum absolute atomic E-state index is 12.5. The van der Waals surface area contributed by atoms with Crippen LogP contribution in [0.25, 0.3) is 0 Å². The number of likely N-dealkylation sites (tertiary alicyclic amines) is 1. The Labute approximate surface area is 150 Å². The van der Waals surface area contributed by atoms with Crippen molar-refractivity contribution in [3.8, 4) is 0 Å².